The lowest BCUT2D eigenvalue weighted by Crippen LogP contribution is -2.46. The van der Waals surface area contributed by atoms with Gasteiger partial charge in [-0.25, -0.2) is 18.6 Å². The number of hydrogen-bond donors (Lipinski definition) is 2. The first-order valence-corrected chi connectivity index (χ1v) is 15.7. The molecule has 4 rings (SSSR count). The second kappa shape index (κ2) is 18.3. The minimum atomic E-state index is -0.880. The zero-order chi connectivity index (χ0) is 33.1. The number of benzene rings is 3. The van der Waals surface area contributed by atoms with Gasteiger partial charge in [0.2, 0.25) is 5.89 Å². The van der Waals surface area contributed by atoms with E-state index < -0.39 is 29.7 Å². The monoisotopic (exact) mass is 668 g/mol. The Morgan fingerprint density at radius 2 is 1.62 bits per heavy atom. The van der Waals surface area contributed by atoms with Crippen LogP contribution in [-0.4, -0.2) is 53.5 Å². The van der Waals surface area contributed by atoms with Crippen LogP contribution in [0.4, 0.5) is 8.78 Å². The fourth-order valence-corrected chi connectivity index (χ4v) is 5.33. The number of nitrogens with one attached hydrogen (secondary N) is 1. The predicted octanol–water partition coefficient (Wildman–Crippen LogP) is 6.75. The van der Waals surface area contributed by atoms with Gasteiger partial charge in [0.05, 0.1) is 11.8 Å². The molecule has 0 fully saturated rings. The van der Waals surface area contributed by atoms with Crippen LogP contribution in [0.5, 0.6) is 0 Å². The molecule has 0 spiro atoms. The minimum Gasteiger partial charge on any atom is -0.456 e. The third kappa shape index (κ3) is 10.7. The van der Waals surface area contributed by atoms with Crippen LogP contribution in [0.1, 0.15) is 71.0 Å². The zero-order valence-corrected chi connectivity index (χ0v) is 27.8. The number of carbonyl (C=O) groups excluding carboxylic acids is 2. The van der Waals surface area contributed by atoms with Crippen molar-refractivity contribution in [1.82, 2.24) is 15.2 Å². The third-order valence-corrected chi connectivity index (χ3v) is 7.57. The highest BCUT2D eigenvalue weighted by molar-refractivity contribution is 5.99. The van der Waals surface area contributed by atoms with Crippen molar-refractivity contribution < 1.29 is 27.5 Å². The second-order valence-electron chi connectivity index (χ2n) is 11.3. The van der Waals surface area contributed by atoms with Crippen molar-refractivity contribution in [1.29, 1.82) is 0 Å². The molecule has 0 aliphatic heterocycles. The van der Waals surface area contributed by atoms with Gasteiger partial charge in [-0.05, 0) is 72.7 Å². The molecule has 8 nitrogen and oxygen atoms in total. The van der Waals surface area contributed by atoms with Gasteiger partial charge in [0.25, 0.3) is 5.91 Å². The third-order valence-electron chi connectivity index (χ3n) is 7.57. The number of ether oxygens (including phenoxy) is 1. The Morgan fingerprint density at radius 3 is 2.26 bits per heavy atom. The van der Waals surface area contributed by atoms with E-state index >= 15 is 0 Å². The lowest BCUT2D eigenvalue weighted by molar-refractivity contribution is 0.0238. The van der Waals surface area contributed by atoms with Crippen molar-refractivity contribution >= 4 is 24.3 Å². The molecule has 1 heterocycles. The van der Waals surface area contributed by atoms with Crippen molar-refractivity contribution in [2.24, 2.45) is 5.73 Å². The SMILES string of the molecule is CCCN(CCC)C(=O)c1cc(C(=O)O[C@H](CNCc2cccc(CC)c2)[C@@H](N)Cc2cc(F)cc(F)c2)cc(-c2ncco2)c1.Cl. The smallest absolute Gasteiger partial charge is 0.338 e. The van der Waals surface area contributed by atoms with Crippen LogP contribution in [0.25, 0.3) is 11.5 Å². The van der Waals surface area contributed by atoms with Gasteiger partial charge in [-0.15, -0.1) is 12.4 Å². The molecule has 0 aliphatic carbocycles. The standard InChI is InChI=1S/C36H42F2N4O4.ClH/c1-4-11-42(12-5-2)35(43)28-18-27(34-41-10-13-45-34)19-29(20-28)36(44)46-33(23-40-22-25-9-7-8-24(6-3)14-25)32(39)17-26-15-30(37)21-31(38)16-26;/h7-10,13-16,18-21,32-33,40H,4-6,11-12,17,22-23,39H2,1-3H3;1H/t32-,33+;/m0./s1. The molecule has 252 valence electrons. The molecule has 0 aliphatic rings. The van der Waals surface area contributed by atoms with E-state index in [0.717, 1.165) is 30.9 Å². The van der Waals surface area contributed by atoms with Gasteiger partial charge in [0, 0.05) is 49.4 Å². The molecule has 3 aromatic carbocycles. The van der Waals surface area contributed by atoms with Crippen molar-refractivity contribution in [3.63, 3.8) is 0 Å². The normalized spacial score (nSPS) is 12.2. The van der Waals surface area contributed by atoms with Crippen molar-refractivity contribution in [3.8, 4) is 11.5 Å². The molecular formula is C36H43ClF2N4O4. The fourth-order valence-electron chi connectivity index (χ4n) is 5.33. The van der Waals surface area contributed by atoms with Crippen LogP contribution < -0.4 is 11.1 Å². The summed E-state index contributed by atoms with van der Waals surface area (Å²) in [6.07, 6.45) is 4.53. The Hall–Kier alpha value is -4.12. The molecule has 0 saturated carbocycles. The molecule has 0 saturated heterocycles. The average molecular weight is 669 g/mol. The van der Waals surface area contributed by atoms with Crippen LogP contribution in [-0.2, 0) is 24.1 Å². The Bertz CT molecular complexity index is 1580. The summed E-state index contributed by atoms with van der Waals surface area (Å²) in [6.45, 7) is 7.88. The summed E-state index contributed by atoms with van der Waals surface area (Å²) in [5, 5.41) is 3.31. The number of aromatic nitrogens is 1. The Morgan fingerprint density at radius 1 is 0.936 bits per heavy atom. The summed E-state index contributed by atoms with van der Waals surface area (Å²) in [6, 6.07) is 15.2. The zero-order valence-electron chi connectivity index (χ0n) is 27.0. The number of halogens is 3. The maximum Gasteiger partial charge on any atom is 0.338 e. The first-order chi connectivity index (χ1) is 22.2. The van der Waals surface area contributed by atoms with Gasteiger partial charge in [-0.1, -0.05) is 45.0 Å². The summed E-state index contributed by atoms with van der Waals surface area (Å²) in [7, 11) is 0. The van der Waals surface area contributed by atoms with Crippen LogP contribution >= 0.6 is 12.4 Å². The van der Waals surface area contributed by atoms with Crippen LogP contribution in [0.2, 0.25) is 0 Å². The molecular weight excluding hydrogens is 626 g/mol. The van der Waals surface area contributed by atoms with E-state index in [1.165, 1.54) is 36.2 Å². The van der Waals surface area contributed by atoms with E-state index in [4.69, 9.17) is 14.9 Å². The van der Waals surface area contributed by atoms with Gasteiger partial charge >= 0.3 is 5.97 Å². The van der Waals surface area contributed by atoms with Crippen molar-refractivity contribution in [3.05, 3.63) is 113 Å². The molecule has 11 heteroatoms. The maximum atomic E-state index is 14.0. The molecule has 1 aromatic heterocycles. The molecule has 3 N–H and O–H groups in total. The largest absolute Gasteiger partial charge is 0.456 e. The summed E-state index contributed by atoms with van der Waals surface area (Å²) >= 11 is 0. The maximum absolute atomic E-state index is 14.0. The van der Waals surface area contributed by atoms with Crippen molar-refractivity contribution in [2.75, 3.05) is 19.6 Å². The Labute approximate surface area is 281 Å². The van der Waals surface area contributed by atoms with Gasteiger partial charge in [0.15, 0.2) is 0 Å². The van der Waals surface area contributed by atoms with E-state index in [1.54, 1.807) is 17.0 Å². The van der Waals surface area contributed by atoms with Crippen molar-refractivity contribution in [2.45, 2.75) is 65.1 Å². The van der Waals surface area contributed by atoms with E-state index in [0.29, 0.717) is 36.3 Å². The molecule has 0 bridgehead atoms. The van der Waals surface area contributed by atoms with Gasteiger partial charge in [-0.2, -0.15) is 0 Å². The second-order valence-corrected chi connectivity index (χ2v) is 11.3. The summed E-state index contributed by atoms with van der Waals surface area (Å²) in [5.41, 5.74) is 10.00. The van der Waals surface area contributed by atoms with E-state index in [9.17, 15) is 18.4 Å². The lowest BCUT2D eigenvalue weighted by Gasteiger charge is -2.25. The van der Waals surface area contributed by atoms with E-state index in [-0.39, 0.29) is 42.7 Å². The number of hydrogen-bond acceptors (Lipinski definition) is 7. The number of nitrogens with zero attached hydrogens (tertiary/aromatic N) is 2. The number of nitrogens with two attached hydrogens (primary N) is 1. The number of rotatable bonds is 16. The number of esters is 1. The summed E-state index contributed by atoms with van der Waals surface area (Å²) in [4.78, 5) is 33.3. The topological polar surface area (TPSA) is 111 Å². The van der Waals surface area contributed by atoms with E-state index in [1.807, 2.05) is 26.0 Å². The molecule has 0 unspecified atom stereocenters. The quantitative estimate of drug-likeness (QED) is 0.127. The average Bonchev–Trinajstić information content (AvgIpc) is 3.58. The van der Waals surface area contributed by atoms with Crippen LogP contribution in [0.3, 0.4) is 0 Å². The number of carbonyl (C=O) groups is 2. The number of oxazole rings is 1. The first-order valence-electron chi connectivity index (χ1n) is 15.7. The minimum absolute atomic E-state index is 0. The Balaban J connectivity index is 0.00000600. The van der Waals surface area contributed by atoms with Crippen LogP contribution in [0, 0.1) is 11.6 Å². The first kappa shape index (κ1) is 37.3. The highest BCUT2D eigenvalue weighted by Crippen LogP contribution is 2.24. The highest BCUT2D eigenvalue weighted by Gasteiger charge is 2.26. The van der Waals surface area contributed by atoms with E-state index in [2.05, 4.69) is 29.4 Å². The molecule has 2 atom stereocenters. The van der Waals surface area contributed by atoms with Gasteiger partial charge in [-0.3, -0.25) is 4.79 Å². The summed E-state index contributed by atoms with van der Waals surface area (Å²) in [5.74, 6) is -2.11. The van der Waals surface area contributed by atoms with Crippen LogP contribution in [0.15, 0.2) is 77.5 Å². The molecule has 0 radical (unpaired) electrons. The number of amides is 1. The molecule has 1 amide bonds. The molecule has 47 heavy (non-hydrogen) atoms. The van der Waals surface area contributed by atoms with Gasteiger partial charge in [0.1, 0.15) is 24.0 Å². The van der Waals surface area contributed by atoms with Gasteiger partial charge < -0.3 is 25.1 Å². The molecule has 4 aromatic rings. The lowest BCUT2D eigenvalue weighted by atomic mass is 10.0. The highest BCUT2D eigenvalue weighted by atomic mass is 35.5. The Kier molecular flexibility index (Phi) is 14.5. The fraction of sp³-hybridized carbons (Fsp3) is 0.361. The summed E-state index contributed by atoms with van der Waals surface area (Å²) < 4.78 is 39.4. The predicted molar refractivity (Wildman–Crippen MR) is 180 cm³/mol. The number of aryl methyl sites for hydroxylation is 1.